The summed E-state index contributed by atoms with van der Waals surface area (Å²) in [5, 5.41) is 5.49. The molecule has 0 fully saturated rings. The molecule has 180 valence electrons. The molecular weight excluding hydrogens is 461 g/mol. The van der Waals surface area contributed by atoms with Crippen LogP contribution in [0.4, 0.5) is 18.0 Å². The van der Waals surface area contributed by atoms with Gasteiger partial charge in [0, 0.05) is 5.56 Å². The fourth-order valence-corrected chi connectivity index (χ4v) is 3.33. The van der Waals surface area contributed by atoms with Crippen LogP contribution in [-0.2, 0) is 19.1 Å². The Hall–Kier alpha value is -3.08. The number of aryl methyl sites for hydroxylation is 1. The largest absolute Gasteiger partial charge is 0.444 e. The molecule has 2 aromatic carbocycles. The van der Waals surface area contributed by atoms with Gasteiger partial charge in [-0.25, -0.2) is 4.79 Å². The number of hydrogen-bond acceptors (Lipinski definition) is 6. The van der Waals surface area contributed by atoms with Gasteiger partial charge in [0.25, 0.3) is 0 Å². The van der Waals surface area contributed by atoms with E-state index in [1.807, 2.05) is 0 Å². The number of halogens is 3. The molecule has 11 heteroatoms. The van der Waals surface area contributed by atoms with Crippen LogP contribution >= 0.6 is 0 Å². The first kappa shape index (κ1) is 26.2. The van der Waals surface area contributed by atoms with Crippen LogP contribution in [0, 0.1) is 6.92 Å². The van der Waals surface area contributed by atoms with E-state index in [-0.39, 0.29) is 4.90 Å². The smallest absolute Gasteiger partial charge is 0.437 e. The van der Waals surface area contributed by atoms with Gasteiger partial charge in [-0.05, 0) is 52.3 Å². The topological polar surface area (TPSA) is 94.1 Å². The average molecular weight is 487 g/mol. The van der Waals surface area contributed by atoms with E-state index in [0.717, 1.165) is 17.7 Å². The van der Waals surface area contributed by atoms with Gasteiger partial charge in [-0.1, -0.05) is 47.1 Å². The number of carbonyl (C=O) groups excluding carboxylic acids is 1. The van der Waals surface area contributed by atoms with E-state index in [1.165, 1.54) is 36.4 Å². The van der Waals surface area contributed by atoms with Gasteiger partial charge in [0.2, 0.25) is 0 Å². The van der Waals surface area contributed by atoms with E-state index < -0.39 is 45.3 Å². The van der Waals surface area contributed by atoms with Gasteiger partial charge in [-0.15, -0.1) is 0 Å². The summed E-state index contributed by atoms with van der Waals surface area (Å²) in [5.74, 6) is 0. The summed E-state index contributed by atoms with van der Waals surface area (Å²) >= 11 is 0. The third-order valence-electron chi connectivity index (χ3n) is 4.22. The number of nitrogens with zero attached hydrogens (tertiary/aromatic N) is 1. The van der Waals surface area contributed by atoms with E-state index >= 15 is 0 Å². The maximum Gasteiger partial charge on any atom is 0.437 e. The highest BCUT2D eigenvalue weighted by molar-refractivity contribution is 7.86. The second-order valence-electron chi connectivity index (χ2n) is 8.27. The van der Waals surface area contributed by atoms with Gasteiger partial charge < -0.3 is 10.1 Å². The molecule has 0 spiro atoms. The SMILES string of the molecule is Cc1ccc(S(=O)(=O)O/N=C(/c2ccc(C(C)NC(=O)OC(C)(C)C)cc2)C(F)(F)F)cc1. The number of alkyl carbamates (subject to hydrolysis) is 1. The number of amides is 1. The number of alkyl halides is 3. The molecule has 1 N–H and O–H groups in total. The second kappa shape index (κ2) is 9.82. The zero-order chi connectivity index (χ0) is 25.0. The Morgan fingerprint density at radius 3 is 2.03 bits per heavy atom. The van der Waals surface area contributed by atoms with Crippen molar-refractivity contribution in [3.05, 3.63) is 65.2 Å². The van der Waals surface area contributed by atoms with Crippen LogP contribution in [-0.4, -0.2) is 32.0 Å². The molecule has 1 atom stereocenters. The maximum absolute atomic E-state index is 13.5. The predicted molar refractivity (Wildman–Crippen MR) is 116 cm³/mol. The lowest BCUT2D eigenvalue weighted by atomic mass is 10.0. The summed E-state index contributed by atoms with van der Waals surface area (Å²) in [5.41, 5.74) is -1.36. The number of oxime groups is 1. The van der Waals surface area contributed by atoms with E-state index in [4.69, 9.17) is 4.74 Å². The highest BCUT2D eigenvalue weighted by Crippen LogP contribution is 2.25. The molecule has 0 saturated carbocycles. The predicted octanol–water partition coefficient (Wildman–Crippen LogP) is 5.25. The number of benzene rings is 2. The molecule has 0 radical (unpaired) electrons. The molecule has 2 aromatic rings. The minimum atomic E-state index is -4.98. The number of carbonyl (C=O) groups is 1. The molecule has 0 saturated heterocycles. The van der Waals surface area contributed by atoms with E-state index in [0.29, 0.717) is 5.56 Å². The average Bonchev–Trinajstić information content (AvgIpc) is 2.66. The van der Waals surface area contributed by atoms with Crippen LogP contribution in [0.3, 0.4) is 0 Å². The van der Waals surface area contributed by atoms with Crippen molar-refractivity contribution in [1.29, 1.82) is 0 Å². The van der Waals surface area contributed by atoms with Gasteiger partial charge in [-0.2, -0.15) is 21.6 Å². The summed E-state index contributed by atoms with van der Waals surface area (Å²) in [6.07, 6.45) is -5.66. The molecular formula is C22H25F3N2O5S. The van der Waals surface area contributed by atoms with Gasteiger partial charge in [-0.3, -0.25) is 4.28 Å². The monoisotopic (exact) mass is 486 g/mol. The van der Waals surface area contributed by atoms with Crippen molar-refractivity contribution >= 4 is 21.9 Å². The Morgan fingerprint density at radius 1 is 1.00 bits per heavy atom. The van der Waals surface area contributed by atoms with Gasteiger partial charge in [0.05, 0.1) is 6.04 Å². The lowest BCUT2D eigenvalue weighted by Gasteiger charge is -2.22. The van der Waals surface area contributed by atoms with Crippen LogP contribution in [0.1, 0.15) is 50.4 Å². The lowest BCUT2D eigenvalue weighted by molar-refractivity contribution is -0.0597. The standard InChI is InChI=1S/C22H25F3N2O5S/c1-14-6-12-18(13-7-14)33(29,30)32-27-19(22(23,24)25)17-10-8-16(9-11-17)15(2)26-20(28)31-21(3,4)5/h6-13,15H,1-5H3,(H,26,28)/b27-19-. The molecule has 0 aliphatic carbocycles. The zero-order valence-corrected chi connectivity index (χ0v) is 19.5. The van der Waals surface area contributed by atoms with Gasteiger partial charge >= 0.3 is 22.4 Å². The van der Waals surface area contributed by atoms with Crippen LogP contribution in [0.25, 0.3) is 0 Å². The Labute approximate surface area is 190 Å². The lowest BCUT2D eigenvalue weighted by Crippen LogP contribution is -2.34. The van der Waals surface area contributed by atoms with Crippen molar-refractivity contribution < 1.29 is 35.4 Å². The third-order valence-corrected chi connectivity index (χ3v) is 5.34. The second-order valence-corrected chi connectivity index (χ2v) is 9.80. The Kier molecular flexibility index (Phi) is 7.79. The third kappa shape index (κ3) is 7.77. The van der Waals surface area contributed by atoms with Crippen molar-refractivity contribution in [2.24, 2.45) is 5.16 Å². The molecule has 1 unspecified atom stereocenters. The first-order valence-electron chi connectivity index (χ1n) is 9.84. The van der Waals surface area contributed by atoms with Crippen molar-refractivity contribution in [3.63, 3.8) is 0 Å². The molecule has 0 heterocycles. The van der Waals surface area contributed by atoms with Gasteiger partial charge in [0.1, 0.15) is 10.5 Å². The Balaban J connectivity index is 2.23. The number of ether oxygens (including phenoxy) is 1. The van der Waals surface area contributed by atoms with Crippen molar-refractivity contribution in [1.82, 2.24) is 5.32 Å². The molecule has 7 nitrogen and oxygen atoms in total. The number of nitrogens with one attached hydrogen (secondary N) is 1. The number of rotatable bonds is 6. The van der Waals surface area contributed by atoms with E-state index in [2.05, 4.69) is 14.8 Å². The summed E-state index contributed by atoms with van der Waals surface area (Å²) in [6, 6.07) is 9.75. The molecule has 0 aliphatic rings. The van der Waals surface area contributed by atoms with Gasteiger partial charge in [0.15, 0.2) is 5.71 Å². The quantitative estimate of drug-likeness (QED) is 0.444. The molecule has 2 rings (SSSR count). The molecule has 1 amide bonds. The van der Waals surface area contributed by atoms with Crippen molar-refractivity contribution in [2.45, 2.75) is 57.3 Å². The summed E-state index contributed by atoms with van der Waals surface area (Å²) in [4.78, 5) is 11.6. The highest BCUT2D eigenvalue weighted by atomic mass is 32.2. The molecule has 0 bridgehead atoms. The molecule has 0 aromatic heterocycles. The van der Waals surface area contributed by atoms with Crippen LogP contribution in [0.2, 0.25) is 0 Å². The summed E-state index contributed by atoms with van der Waals surface area (Å²) in [6.45, 7) is 8.46. The minimum Gasteiger partial charge on any atom is -0.444 e. The highest BCUT2D eigenvalue weighted by Gasteiger charge is 2.38. The van der Waals surface area contributed by atoms with Crippen molar-refractivity contribution in [2.75, 3.05) is 0 Å². The van der Waals surface area contributed by atoms with Crippen molar-refractivity contribution in [3.8, 4) is 0 Å². The molecule has 0 aliphatic heterocycles. The van der Waals surface area contributed by atoms with E-state index in [1.54, 1.807) is 34.6 Å². The summed E-state index contributed by atoms with van der Waals surface area (Å²) < 4.78 is 74.5. The summed E-state index contributed by atoms with van der Waals surface area (Å²) in [7, 11) is -4.54. The Bertz CT molecular complexity index is 1100. The maximum atomic E-state index is 13.5. The number of hydrogen-bond donors (Lipinski definition) is 1. The molecule has 33 heavy (non-hydrogen) atoms. The fourth-order valence-electron chi connectivity index (χ4n) is 2.60. The zero-order valence-electron chi connectivity index (χ0n) is 18.7. The van der Waals surface area contributed by atoms with Crippen LogP contribution in [0.5, 0.6) is 0 Å². The first-order chi connectivity index (χ1) is 15.1. The van der Waals surface area contributed by atoms with Crippen LogP contribution < -0.4 is 5.32 Å². The fraction of sp³-hybridized carbons (Fsp3) is 0.364. The van der Waals surface area contributed by atoms with Crippen LogP contribution in [0.15, 0.2) is 58.6 Å². The van der Waals surface area contributed by atoms with E-state index in [9.17, 15) is 26.4 Å². The normalized spacial score (nSPS) is 13.9. The Morgan fingerprint density at radius 2 is 1.55 bits per heavy atom. The minimum absolute atomic E-state index is 0.323. The first-order valence-corrected chi connectivity index (χ1v) is 11.2.